The first-order valence-electron chi connectivity index (χ1n) is 5.98. The summed E-state index contributed by atoms with van der Waals surface area (Å²) in [5, 5.41) is 19.5. The van der Waals surface area contributed by atoms with Gasteiger partial charge < -0.3 is 15.2 Å². The molecule has 0 radical (unpaired) electrons. The minimum absolute atomic E-state index is 0.0269. The van der Waals surface area contributed by atoms with Gasteiger partial charge >= 0.3 is 0 Å². The highest BCUT2D eigenvalue weighted by Crippen LogP contribution is 2.27. The van der Waals surface area contributed by atoms with Crippen molar-refractivity contribution in [2.45, 2.75) is 26.2 Å². The molecule has 0 spiro atoms. The van der Waals surface area contributed by atoms with Gasteiger partial charge in [0.05, 0.1) is 6.61 Å². The minimum atomic E-state index is 0.0269. The average molecular weight is 233 g/mol. The van der Waals surface area contributed by atoms with Crippen molar-refractivity contribution in [2.24, 2.45) is 0 Å². The summed E-state index contributed by atoms with van der Waals surface area (Å²) in [6.07, 6.45) is 0.602. The molecule has 0 saturated heterocycles. The molecule has 1 aromatic heterocycles. The van der Waals surface area contributed by atoms with Crippen molar-refractivity contribution in [1.82, 2.24) is 4.98 Å². The van der Waals surface area contributed by atoms with Crippen LogP contribution in [0.4, 0.5) is 0 Å². The fourth-order valence-electron chi connectivity index (χ4n) is 2.25. The van der Waals surface area contributed by atoms with Gasteiger partial charge in [-0.2, -0.15) is 0 Å². The number of aryl methyl sites for hydroxylation is 2. The molecular formula is C14H19NO2. The lowest BCUT2D eigenvalue weighted by Gasteiger charge is -2.13. The van der Waals surface area contributed by atoms with E-state index >= 15 is 0 Å². The normalized spacial score (nSPS) is 13.2. The van der Waals surface area contributed by atoms with Crippen molar-refractivity contribution in [2.75, 3.05) is 13.2 Å². The quantitative estimate of drug-likeness (QED) is 0.758. The summed E-state index contributed by atoms with van der Waals surface area (Å²) < 4.78 is 0. The third kappa shape index (κ3) is 2.21. The average Bonchev–Trinajstić information content (AvgIpc) is 2.62. The highest BCUT2D eigenvalue weighted by atomic mass is 16.3. The van der Waals surface area contributed by atoms with E-state index in [1.807, 2.05) is 12.1 Å². The highest BCUT2D eigenvalue weighted by molar-refractivity contribution is 5.85. The van der Waals surface area contributed by atoms with Crippen molar-refractivity contribution >= 4 is 10.9 Å². The van der Waals surface area contributed by atoms with E-state index in [1.54, 1.807) is 0 Å². The Morgan fingerprint density at radius 1 is 1.24 bits per heavy atom. The van der Waals surface area contributed by atoms with Gasteiger partial charge in [0.25, 0.3) is 0 Å². The number of hydrogen-bond acceptors (Lipinski definition) is 2. The lowest BCUT2D eigenvalue weighted by Crippen LogP contribution is -2.06. The van der Waals surface area contributed by atoms with Crippen LogP contribution in [0, 0.1) is 13.8 Å². The van der Waals surface area contributed by atoms with Gasteiger partial charge in [-0.3, -0.25) is 0 Å². The second kappa shape index (κ2) is 4.90. The van der Waals surface area contributed by atoms with E-state index in [2.05, 4.69) is 24.9 Å². The molecule has 0 saturated carbocycles. The van der Waals surface area contributed by atoms with Crippen molar-refractivity contribution in [1.29, 1.82) is 0 Å². The van der Waals surface area contributed by atoms with E-state index < -0.39 is 0 Å². The number of aromatic nitrogens is 1. The summed E-state index contributed by atoms with van der Waals surface area (Å²) >= 11 is 0. The molecule has 3 N–H and O–H groups in total. The van der Waals surface area contributed by atoms with E-state index in [-0.39, 0.29) is 19.1 Å². The molecule has 1 atom stereocenters. The molecule has 2 rings (SSSR count). The maximum absolute atomic E-state index is 9.34. The van der Waals surface area contributed by atoms with Crippen LogP contribution in [0.5, 0.6) is 0 Å². The maximum Gasteiger partial charge on any atom is 0.0500 e. The van der Waals surface area contributed by atoms with Crippen LogP contribution in [0.1, 0.15) is 29.2 Å². The Morgan fingerprint density at radius 3 is 2.65 bits per heavy atom. The fourth-order valence-corrected chi connectivity index (χ4v) is 2.25. The molecule has 0 aliphatic carbocycles. The maximum atomic E-state index is 9.34. The van der Waals surface area contributed by atoms with Gasteiger partial charge in [-0.25, -0.2) is 0 Å². The number of aromatic amines is 1. The molecule has 0 amide bonds. The van der Waals surface area contributed by atoms with Crippen LogP contribution in [0.2, 0.25) is 0 Å². The van der Waals surface area contributed by atoms with E-state index in [0.29, 0.717) is 6.42 Å². The van der Waals surface area contributed by atoms with Crippen LogP contribution in [0.15, 0.2) is 18.2 Å². The zero-order valence-electron chi connectivity index (χ0n) is 10.3. The first-order chi connectivity index (χ1) is 8.17. The number of rotatable bonds is 4. The Hall–Kier alpha value is -1.32. The van der Waals surface area contributed by atoms with E-state index in [1.165, 1.54) is 16.6 Å². The van der Waals surface area contributed by atoms with Crippen molar-refractivity contribution in [3.63, 3.8) is 0 Å². The SMILES string of the molecule is Cc1[nH]c2ccc(C(CO)CCO)cc2c1C. The lowest BCUT2D eigenvalue weighted by molar-refractivity contribution is 0.220. The number of aliphatic hydroxyl groups excluding tert-OH is 2. The van der Waals surface area contributed by atoms with Crippen LogP contribution in [-0.4, -0.2) is 28.4 Å². The standard InChI is InChI=1S/C14H19NO2/c1-9-10(2)15-14-4-3-11(7-13(9)14)12(8-17)5-6-16/h3-4,7,12,15-17H,5-6,8H2,1-2H3. The summed E-state index contributed by atoms with van der Waals surface area (Å²) in [5.41, 5.74) is 4.66. The second-order valence-corrected chi connectivity index (χ2v) is 4.57. The molecular weight excluding hydrogens is 214 g/mol. The lowest BCUT2D eigenvalue weighted by atomic mass is 9.95. The number of hydrogen-bond donors (Lipinski definition) is 3. The van der Waals surface area contributed by atoms with Gasteiger partial charge in [0.1, 0.15) is 0 Å². The molecule has 1 aromatic carbocycles. The number of H-pyrrole nitrogens is 1. The van der Waals surface area contributed by atoms with Crippen LogP contribution >= 0.6 is 0 Å². The Bertz CT molecular complexity index is 516. The third-order valence-electron chi connectivity index (χ3n) is 3.50. The Balaban J connectivity index is 2.45. The fraction of sp³-hybridized carbons (Fsp3) is 0.429. The van der Waals surface area contributed by atoms with Gasteiger partial charge in [-0.1, -0.05) is 6.07 Å². The molecule has 17 heavy (non-hydrogen) atoms. The summed E-state index contributed by atoms with van der Waals surface area (Å²) in [4.78, 5) is 3.33. The molecule has 2 aromatic rings. The number of aliphatic hydroxyl groups is 2. The predicted molar refractivity (Wildman–Crippen MR) is 69.3 cm³/mol. The number of fused-ring (bicyclic) bond motifs is 1. The van der Waals surface area contributed by atoms with Crippen molar-refractivity contribution in [3.8, 4) is 0 Å². The number of benzene rings is 1. The molecule has 92 valence electrons. The predicted octanol–water partition coefficient (Wildman–Crippen LogP) is 2.24. The van der Waals surface area contributed by atoms with E-state index in [4.69, 9.17) is 5.11 Å². The zero-order chi connectivity index (χ0) is 12.4. The Labute approximate surface area is 101 Å². The van der Waals surface area contributed by atoms with Crippen molar-refractivity contribution < 1.29 is 10.2 Å². The van der Waals surface area contributed by atoms with Gasteiger partial charge in [0, 0.05) is 29.1 Å². The zero-order valence-corrected chi connectivity index (χ0v) is 10.3. The topological polar surface area (TPSA) is 56.2 Å². The first kappa shape index (κ1) is 12.1. The summed E-state index contributed by atoms with van der Waals surface area (Å²) in [5.74, 6) is 0.0269. The van der Waals surface area contributed by atoms with Crippen molar-refractivity contribution in [3.05, 3.63) is 35.0 Å². The molecule has 0 aliphatic heterocycles. The third-order valence-corrected chi connectivity index (χ3v) is 3.50. The molecule has 0 aliphatic rings. The van der Waals surface area contributed by atoms with Crippen LogP contribution in [-0.2, 0) is 0 Å². The van der Waals surface area contributed by atoms with Gasteiger partial charge in [0.15, 0.2) is 0 Å². The monoisotopic (exact) mass is 233 g/mol. The Morgan fingerprint density at radius 2 is 2.00 bits per heavy atom. The molecule has 3 heteroatoms. The molecule has 1 unspecified atom stereocenters. The van der Waals surface area contributed by atoms with Crippen LogP contribution in [0.25, 0.3) is 10.9 Å². The molecule has 1 heterocycles. The summed E-state index contributed by atoms with van der Waals surface area (Å²) in [6, 6.07) is 6.18. The number of nitrogens with one attached hydrogen (secondary N) is 1. The van der Waals surface area contributed by atoms with E-state index in [0.717, 1.165) is 11.1 Å². The summed E-state index contributed by atoms with van der Waals surface area (Å²) in [6.45, 7) is 4.34. The van der Waals surface area contributed by atoms with E-state index in [9.17, 15) is 5.11 Å². The van der Waals surface area contributed by atoms with Gasteiger partial charge in [-0.05, 0) is 43.5 Å². The van der Waals surface area contributed by atoms with Crippen LogP contribution in [0.3, 0.4) is 0 Å². The highest BCUT2D eigenvalue weighted by Gasteiger charge is 2.12. The van der Waals surface area contributed by atoms with Crippen LogP contribution < -0.4 is 0 Å². The largest absolute Gasteiger partial charge is 0.396 e. The summed E-state index contributed by atoms with van der Waals surface area (Å²) in [7, 11) is 0. The smallest absolute Gasteiger partial charge is 0.0500 e. The first-order valence-corrected chi connectivity index (χ1v) is 5.98. The molecule has 0 bridgehead atoms. The van der Waals surface area contributed by atoms with Gasteiger partial charge in [0.2, 0.25) is 0 Å². The Kier molecular flexibility index (Phi) is 3.50. The van der Waals surface area contributed by atoms with Gasteiger partial charge in [-0.15, -0.1) is 0 Å². The molecule has 0 fully saturated rings. The molecule has 3 nitrogen and oxygen atoms in total. The minimum Gasteiger partial charge on any atom is -0.396 e. The second-order valence-electron chi connectivity index (χ2n) is 4.57.